The summed E-state index contributed by atoms with van der Waals surface area (Å²) in [6.07, 6.45) is 1.78. The summed E-state index contributed by atoms with van der Waals surface area (Å²) in [4.78, 5) is 6.41. The van der Waals surface area contributed by atoms with Crippen molar-refractivity contribution in [3.8, 4) is 0 Å². The largest absolute Gasteiger partial charge is 0.371 e. The van der Waals surface area contributed by atoms with Gasteiger partial charge in [0.25, 0.3) is 0 Å². The van der Waals surface area contributed by atoms with Gasteiger partial charge in [0.1, 0.15) is 0 Å². The first-order valence-electron chi connectivity index (χ1n) is 4.53. The monoisotopic (exact) mass is 179 g/mol. The number of anilines is 1. The molecule has 13 heavy (non-hydrogen) atoms. The number of nitrogens with two attached hydrogens (primary N) is 1. The number of hydrogen-bond donors (Lipinski definition) is 1. The molecule has 2 N–H and O–H groups in total. The van der Waals surface area contributed by atoms with Crippen molar-refractivity contribution in [3.63, 3.8) is 0 Å². The van der Waals surface area contributed by atoms with E-state index in [-0.39, 0.29) is 0 Å². The first-order valence-corrected chi connectivity index (χ1v) is 4.53. The fourth-order valence-electron chi connectivity index (χ4n) is 1.19. The second kappa shape index (κ2) is 4.23. The van der Waals surface area contributed by atoms with E-state index < -0.39 is 0 Å². The van der Waals surface area contributed by atoms with Crippen molar-refractivity contribution in [2.75, 3.05) is 11.9 Å². The van der Waals surface area contributed by atoms with E-state index in [9.17, 15) is 0 Å². The molecule has 0 saturated heterocycles. The molecule has 0 atom stereocenters. The molecule has 0 bridgehead atoms. The third kappa shape index (κ3) is 2.18. The minimum absolute atomic E-state index is 0.467. The number of hydrogen-bond acceptors (Lipinski definition) is 3. The smallest absolute Gasteiger partial charge is 0.0772 e. The molecule has 0 aromatic carbocycles. The molecule has 0 aliphatic rings. The minimum Gasteiger partial charge on any atom is -0.371 e. The van der Waals surface area contributed by atoms with Crippen LogP contribution >= 0.6 is 0 Å². The van der Waals surface area contributed by atoms with Crippen LogP contribution in [0.2, 0.25) is 0 Å². The normalized spacial score (nSPS) is 10.5. The van der Waals surface area contributed by atoms with E-state index in [1.807, 2.05) is 6.07 Å². The number of nitrogens with zero attached hydrogens (tertiary/aromatic N) is 2. The van der Waals surface area contributed by atoms with E-state index in [2.05, 4.69) is 36.8 Å². The van der Waals surface area contributed by atoms with Crippen LogP contribution in [0.1, 0.15) is 19.5 Å². The molecule has 0 fully saturated rings. The fraction of sp³-hybridized carbons (Fsp3) is 0.500. The Labute approximate surface area is 79.6 Å². The van der Waals surface area contributed by atoms with Crippen molar-refractivity contribution in [1.29, 1.82) is 0 Å². The molecule has 3 nitrogen and oxygen atoms in total. The van der Waals surface area contributed by atoms with Crippen LogP contribution in [0.5, 0.6) is 0 Å². The number of aromatic nitrogens is 1. The average molecular weight is 179 g/mol. The molecule has 0 saturated carbocycles. The summed E-state index contributed by atoms with van der Waals surface area (Å²) in [5.41, 5.74) is 7.68. The lowest BCUT2D eigenvalue weighted by Crippen LogP contribution is -2.27. The van der Waals surface area contributed by atoms with Crippen LogP contribution in [0.4, 0.5) is 5.69 Å². The van der Waals surface area contributed by atoms with E-state index in [1.54, 1.807) is 6.20 Å². The van der Waals surface area contributed by atoms with Crippen LogP contribution in [-0.2, 0) is 6.54 Å². The van der Waals surface area contributed by atoms with Gasteiger partial charge in [-0.1, -0.05) is 0 Å². The SMILES string of the molecule is CC(C)N(C)c1cccnc1CN. The molecule has 3 heteroatoms. The maximum atomic E-state index is 5.60. The second-order valence-corrected chi connectivity index (χ2v) is 3.38. The maximum Gasteiger partial charge on any atom is 0.0772 e. The van der Waals surface area contributed by atoms with Crippen LogP contribution < -0.4 is 10.6 Å². The van der Waals surface area contributed by atoms with Gasteiger partial charge in [-0.3, -0.25) is 4.98 Å². The van der Waals surface area contributed by atoms with Gasteiger partial charge in [0.2, 0.25) is 0 Å². The van der Waals surface area contributed by atoms with E-state index in [0.29, 0.717) is 12.6 Å². The van der Waals surface area contributed by atoms with Crippen molar-refractivity contribution in [2.24, 2.45) is 5.73 Å². The van der Waals surface area contributed by atoms with Crippen LogP contribution in [-0.4, -0.2) is 18.1 Å². The van der Waals surface area contributed by atoms with Gasteiger partial charge < -0.3 is 10.6 Å². The summed E-state index contributed by atoms with van der Waals surface area (Å²) in [5.74, 6) is 0. The summed E-state index contributed by atoms with van der Waals surface area (Å²) < 4.78 is 0. The highest BCUT2D eigenvalue weighted by Crippen LogP contribution is 2.17. The molecule has 0 spiro atoms. The molecule has 1 heterocycles. The molecule has 72 valence electrons. The summed E-state index contributed by atoms with van der Waals surface area (Å²) in [7, 11) is 2.06. The maximum absolute atomic E-state index is 5.60. The molecular weight excluding hydrogens is 162 g/mol. The lowest BCUT2D eigenvalue weighted by atomic mass is 10.2. The van der Waals surface area contributed by atoms with Crippen molar-refractivity contribution < 1.29 is 0 Å². The second-order valence-electron chi connectivity index (χ2n) is 3.38. The van der Waals surface area contributed by atoms with Crippen molar-refractivity contribution in [2.45, 2.75) is 26.4 Å². The van der Waals surface area contributed by atoms with E-state index in [4.69, 9.17) is 5.73 Å². The zero-order chi connectivity index (χ0) is 9.84. The molecule has 0 aliphatic heterocycles. The summed E-state index contributed by atoms with van der Waals surface area (Å²) in [6.45, 7) is 4.79. The first-order chi connectivity index (χ1) is 6.16. The Bertz CT molecular complexity index is 271. The zero-order valence-corrected chi connectivity index (χ0v) is 8.49. The van der Waals surface area contributed by atoms with Crippen molar-refractivity contribution in [3.05, 3.63) is 24.0 Å². The first kappa shape index (κ1) is 9.99. The minimum atomic E-state index is 0.467. The van der Waals surface area contributed by atoms with E-state index >= 15 is 0 Å². The topological polar surface area (TPSA) is 42.2 Å². The summed E-state index contributed by atoms with van der Waals surface area (Å²) in [5, 5.41) is 0. The Morgan fingerprint density at radius 3 is 2.77 bits per heavy atom. The molecule has 0 unspecified atom stereocenters. The van der Waals surface area contributed by atoms with Crippen LogP contribution in [0.3, 0.4) is 0 Å². The molecular formula is C10H17N3. The summed E-state index contributed by atoms with van der Waals surface area (Å²) >= 11 is 0. The van der Waals surface area contributed by atoms with Crippen LogP contribution in [0.25, 0.3) is 0 Å². The van der Waals surface area contributed by atoms with Gasteiger partial charge in [0.15, 0.2) is 0 Å². The van der Waals surface area contributed by atoms with E-state index in [1.165, 1.54) is 0 Å². The van der Waals surface area contributed by atoms with Gasteiger partial charge in [-0.25, -0.2) is 0 Å². The predicted molar refractivity (Wildman–Crippen MR) is 55.7 cm³/mol. The highest BCUT2D eigenvalue weighted by Gasteiger charge is 2.08. The Morgan fingerprint density at radius 1 is 1.54 bits per heavy atom. The Hall–Kier alpha value is -1.09. The molecule has 0 amide bonds. The highest BCUT2D eigenvalue weighted by atomic mass is 15.1. The lowest BCUT2D eigenvalue weighted by Gasteiger charge is -2.25. The van der Waals surface area contributed by atoms with Gasteiger partial charge in [0, 0.05) is 25.8 Å². The quantitative estimate of drug-likeness (QED) is 0.762. The van der Waals surface area contributed by atoms with Gasteiger partial charge in [-0.05, 0) is 26.0 Å². The fourth-order valence-corrected chi connectivity index (χ4v) is 1.19. The average Bonchev–Trinajstić information content (AvgIpc) is 2.16. The van der Waals surface area contributed by atoms with E-state index in [0.717, 1.165) is 11.4 Å². The third-order valence-electron chi connectivity index (χ3n) is 2.21. The van der Waals surface area contributed by atoms with Gasteiger partial charge >= 0.3 is 0 Å². The Morgan fingerprint density at radius 2 is 2.23 bits per heavy atom. The molecule has 1 aromatic rings. The Kier molecular flexibility index (Phi) is 3.25. The zero-order valence-electron chi connectivity index (χ0n) is 8.49. The van der Waals surface area contributed by atoms with Crippen molar-refractivity contribution in [1.82, 2.24) is 4.98 Å². The van der Waals surface area contributed by atoms with Gasteiger partial charge in [-0.15, -0.1) is 0 Å². The van der Waals surface area contributed by atoms with Gasteiger partial charge in [0.05, 0.1) is 11.4 Å². The molecule has 0 aliphatic carbocycles. The Balaban J connectivity index is 2.98. The highest BCUT2D eigenvalue weighted by molar-refractivity contribution is 5.50. The number of rotatable bonds is 3. The number of pyridine rings is 1. The van der Waals surface area contributed by atoms with Gasteiger partial charge in [-0.2, -0.15) is 0 Å². The van der Waals surface area contributed by atoms with Crippen molar-refractivity contribution >= 4 is 5.69 Å². The molecule has 1 aromatic heterocycles. The molecule has 0 radical (unpaired) electrons. The lowest BCUT2D eigenvalue weighted by molar-refractivity contribution is 0.745. The standard InChI is InChI=1S/C10H17N3/c1-8(2)13(3)10-5-4-6-12-9(10)7-11/h4-6,8H,7,11H2,1-3H3. The molecule has 1 rings (SSSR count). The van der Waals surface area contributed by atoms with Crippen LogP contribution in [0, 0.1) is 0 Å². The van der Waals surface area contributed by atoms with Crippen LogP contribution in [0.15, 0.2) is 18.3 Å². The predicted octanol–water partition coefficient (Wildman–Crippen LogP) is 1.38. The summed E-state index contributed by atoms with van der Waals surface area (Å²) in [6, 6.07) is 4.46. The third-order valence-corrected chi connectivity index (χ3v) is 2.21.